The molecule has 2 heterocycles. The summed E-state index contributed by atoms with van der Waals surface area (Å²) in [5, 5.41) is 13.8. The van der Waals surface area contributed by atoms with Gasteiger partial charge in [0.05, 0.1) is 23.6 Å². The fourth-order valence-electron chi connectivity index (χ4n) is 2.81. The van der Waals surface area contributed by atoms with Gasteiger partial charge in [0.2, 0.25) is 11.8 Å². The lowest BCUT2D eigenvalue weighted by molar-refractivity contribution is -0.135. The largest absolute Gasteiger partial charge is 0.473 e. The molecule has 0 amide bonds. The molecule has 3 atom stereocenters. The topological polar surface area (TPSA) is 89.4 Å². The third kappa shape index (κ3) is 3.14. The molecule has 1 fully saturated rings. The van der Waals surface area contributed by atoms with Crippen molar-refractivity contribution < 1.29 is 14.6 Å². The van der Waals surface area contributed by atoms with Crippen molar-refractivity contribution in [3.63, 3.8) is 0 Å². The highest BCUT2D eigenvalue weighted by Gasteiger charge is 2.49. The highest BCUT2D eigenvalue weighted by molar-refractivity contribution is 5.83. The molecule has 0 radical (unpaired) electrons. The minimum Gasteiger partial charge on any atom is -0.473 e. The molecule has 1 unspecified atom stereocenters. The van der Waals surface area contributed by atoms with E-state index in [1.807, 2.05) is 26.8 Å². The van der Waals surface area contributed by atoms with E-state index in [-0.39, 0.29) is 23.7 Å². The molecular weight excluding hydrogens is 308 g/mol. The summed E-state index contributed by atoms with van der Waals surface area (Å²) in [7, 11) is 1.66. The monoisotopic (exact) mass is 332 g/mol. The summed E-state index contributed by atoms with van der Waals surface area (Å²) in [6.07, 6.45) is 3.60. The highest BCUT2D eigenvalue weighted by Crippen LogP contribution is 2.43. The van der Waals surface area contributed by atoms with Crippen molar-refractivity contribution in [2.75, 3.05) is 19.0 Å². The second kappa shape index (κ2) is 6.49. The van der Waals surface area contributed by atoms with Crippen molar-refractivity contribution in [1.29, 1.82) is 0 Å². The molecule has 1 saturated carbocycles. The molecule has 0 aliphatic heterocycles. The molecule has 7 heteroatoms. The molecule has 2 aromatic heterocycles. The number of nitrogens with one attached hydrogen (secondary N) is 1. The lowest BCUT2D eigenvalue weighted by Crippen LogP contribution is -2.56. The summed E-state index contributed by atoms with van der Waals surface area (Å²) < 4.78 is 11.1. The third-order valence-corrected chi connectivity index (χ3v) is 4.64. The number of ether oxygens (including phenoxy) is 2. The Morgan fingerprint density at radius 3 is 2.88 bits per heavy atom. The van der Waals surface area contributed by atoms with Crippen LogP contribution in [0.1, 0.15) is 27.2 Å². The second-order valence-corrected chi connectivity index (χ2v) is 6.92. The number of methoxy groups -OCH3 is 1. The fraction of sp³-hybridized carbons (Fsp3) is 0.588. The van der Waals surface area contributed by atoms with E-state index in [0.29, 0.717) is 24.9 Å². The van der Waals surface area contributed by atoms with E-state index in [9.17, 15) is 5.11 Å². The molecule has 0 aromatic carbocycles. The number of hydrogen-bond acceptors (Lipinski definition) is 7. The number of nitrogens with zero attached hydrogens (tertiary/aromatic N) is 3. The molecule has 0 bridgehead atoms. The Kier molecular flexibility index (Phi) is 4.56. The molecule has 0 spiro atoms. The Labute approximate surface area is 141 Å². The van der Waals surface area contributed by atoms with Crippen LogP contribution in [-0.2, 0) is 4.74 Å². The summed E-state index contributed by atoms with van der Waals surface area (Å²) >= 11 is 0. The van der Waals surface area contributed by atoms with Crippen LogP contribution in [-0.4, -0.2) is 52.0 Å². The van der Waals surface area contributed by atoms with Gasteiger partial charge >= 0.3 is 0 Å². The van der Waals surface area contributed by atoms with E-state index in [0.717, 1.165) is 10.9 Å². The molecule has 130 valence electrons. The lowest BCUT2D eigenvalue weighted by Gasteiger charge is -2.48. The van der Waals surface area contributed by atoms with E-state index in [4.69, 9.17) is 9.47 Å². The van der Waals surface area contributed by atoms with Crippen LogP contribution in [0.3, 0.4) is 0 Å². The van der Waals surface area contributed by atoms with Crippen LogP contribution in [0, 0.1) is 5.41 Å². The van der Waals surface area contributed by atoms with Crippen LogP contribution in [0.4, 0.5) is 5.95 Å². The van der Waals surface area contributed by atoms with Gasteiger partial charge in [-0.1, -0.05) is 13.8 Å². The van der Waals surface area contributed by atoms with E-state index in [1.165, 1.54) is 0 Å². The van der Waals surface area contributed by atoms with Gasteiger partial charge in [0.15, 0.2) is 0 Å². The molecule has 2 N–H and O–H groups in total. The zero-order valence-electron chi connectivity index (χ0n) is 14.5. The van der Waals surface area contributed by atoms with E-state index in [1.54, 1.807) is 19.5 Å². The van der Waals surface area contributed by atoms with Gasteiger partial charge in [-0.05, 0) is 13.0 Å². The van der Waals surface area contributed by atoms with Crippen LogP contribution >= 0.6 is 0 Å². The Balaban J connectivity index is 1.81. The normalized spacial score (nSPS) is 23.5. The van der Waals surface area contributed by atoms with Gasteiger partial charge in [-0.2, -0.15) is 0 Å². The number of fused-ring (bicyclic) bond motifs is 1. The van der Waals surface area contributed by atoms with Gasteiger partial charge in [0.25, 0.3) is 0 Å². The zero-order valence-corrected chi connectivity index (χ0v) is 14.5. The quantitative estimate of drug-likeness (QED) is 0.836. The third-order valence-electron chi connectivity index (χ3n) is 4.64. The summed E-state index contributed by atoms with van der Waals surface area (Å²) in [5.74, 6) is 1.05. The average molecular weight is 332 g/mol. The Hall–Kier alpha value is -1.99. The summed E-state index contributed by atoms with van der Waals surface area (Å²) in [6, 6.07) is 1.94. The fourth-order valence-corrected chi connectivity index (χ4v) is 2.81. The molecule has 7 nitrogen and oxygen atoms in total. The predicted molar refractivity (Wildman–Crippen MR) is 91.1 cm³/mol. The van der Waals surface area contributed by atoms with Crippen LogP contribution < -0.4 is 10.1 Å². The first-order valence-corrected chi connectivity index (χ1v) is 8.13. The van der Waals surface area contributed by atoms with Gasteiger partial charge in [-0.3, -0.25) is 0 Å². The SMILES string of the molecule is COCC(C)Nc1ncc2c(O[C@H]3C[C@@H](O)C3(C)C)nccc2n1. The van der Waals surface area contributed by atoms with E-state index >= 15 is 0 Å². The van der Waals surface area contributed by atoms with E-state index < -0.39 is 0 Å². The van der Waals surface area contributed by atoms with Crippen molar-refractivity contribution in [3.05, 3.63) is 18.5 Å². The van der Waals surface area contributed by atoms with Crippen molar-refractivity contribution in [2.24, 2.45) is 5.41 Å². The summed E-state index contributed by atoms with van der Waals surface area (Å²) in [6.45, 7) is 6.56. The minimum absolute atomic E-state index is 0.0647. The predicted octanol–water partition coefficient (Wildman–Crippen LogP) is 2.01. The van der Waals surface area contributed by atoms with Crippen molar-refractivity contribution in [2.45, 2.75) is 45.4 Å². The number of aliphatic hydroxyl groups is 1. The molecule has 24 heavy (non-hydrogen) atoms. The zero-order chi connectivity index (χ0) is 17.3. The van der Waals surface area contributed by atoms with Crippen LogP contribution in [0.25, 0.3) is 10.9 Å². The smallest absolute Gasteiger partial charge is 0.224 e. The Morgan fingerprint density at radius 2 is 2.21 bits per heavy atom. The van der Waals surface area contributed by atoms with Crippen LogP contribution in [0.5, 0.6) is 5.88 Å². The number of hydrogen-bond donors (Lipinski definition) is 2. The number of aliphatic hydroxyl groups excluding tert-OH is 1. The van der Waals surface area contributed by atoms with Crippen LogP contribution in [0.15, 0.2) is 18.5 Å². The highest BCUT2D eigenvalue weighted by atomic mass is 16.5. The van der Waals surface area contributed by atoms with Crippen LogP contribution in [0.2, 0.25) is 0 Å². The maximum atomic E-state index is 9.86. The van der Waals surface area contributed by atoms with Crippen molar-refractivity contribution in [1.82, 2.24) is 15.0 Å². The second-order valence-electron chi connectivity index (χ2n) is 6.92. The van der Waals surface area contributed by atoms with Crippen molar-refractivity contribution >= 4 is 16.9 Å². The van der Waals surface area contributed by atoms with Gasteiger partial charge in [-0.25, -0.2) is 15.0 Å². The minimum atomic E-state index is -0.341. The summed E-state index contributed by atoms with van der Waals surface area (Å²) in [4.78, 5) is 13.2. The first-order chi connectivity index (χ1) is 11.4. The molecule has 0 saturated heterocycles. The molecule has 1 aliphatic carbocycles. The maximum absolute atomic E-state index is 9.86. The number of aromatic nitrogens is 3. The average Bonchev–Trinajstić information content (AvgIpc) is 2.54. The molecule has 1 aliphatic rings. The van der Waals surface area contributed by atoms with E-state index in [2.05, 4.69) is 20.3 Å². The Bertz CT molecular complexity index is 722. The van der Waals surface area contributed by atoms with Gasteiger partial charge in [-0.15, -0.1) is 0 Å². The summed E-state index contributed by atoms with van der Waals surface area (Å²) in [5.41, 5.74) is 0.488. The lowest BCUT2D eigenvalue weighted by atomic mass is 9.66. The standard InChI is InChI=1S/C17H24N4O3/c1-10(9-23-4)20-16-19-8-11-12(21-16)5-6-18-15(11)24-14-7-13(22)17(14,2)3/h5-6,8,10,13-14,22H,7,9H2,1-4H3,(H,19,20,21)/t10?,13-,14+/m1/s1. The molecule has 3 rings (SSSR count). The van der Waals surface area contributed by atoms with Crippen molar-refractivity contribution in [3.8, 4) is 5.88 Å². The number of anilines is 1. The number of pyridine rings is 1. The molecule has 2 aromatic rings. The first-order valence-electron chi connectivity index (χ1n) is 8.13. The van der Waals surface area contributed by atoms with Gasteiger partial charge in [0.1, 0.15) is 6.10 Å². The van der Waals surface area contributed by atoms with Gasteiger partial charge in [0, 0.05) is 37.4 Å². The number of rotatable bonds is 6. The van der Waals surface area contributed by atoms with Gasteiger partial charge < -0.3 is 19.9 Å². The molecular formula is C17H24N4O3. The first kappa shape index (κ1) is 16.9. The maximum Gasteiger partial charge on any atom is 0.224 e. The Morgan fingerprint density at radius 1 is 1.42 bits per heavy atom.